The van der Waals surface area contributed by atoms with Crippen LogP contribution in [0.3, 0.4) is 0 Å². The third-order valence-corrected chi connectivity index (χ3v) is 0.211. The number of nitrogens with zero attached hydrogens (tertiary/aromatic N) is 1. The number of carbonyl (C=O) groups excluding carboxylic acids is 1. The Labute approximate surface area is 32.9 Å². The van der Waals surface area contributed by atoms with Gasteiger partial charge in [0.2, 0.25) is 6.41 Å². The van der Waals surface area contributed by atoms with Crippen LogP contribution in [-0.2, 0) is 4.79 Å². The molecular weight excluding hydrogens is 66.0 g/mol. The Morgan fingerprint density at radius 1 is 1.80 bits per heavy atom. The van der Waals surface area contributed by atoms with Gasteiger partial charge in [-0.25, -0.2) is 0 Å². The van der Waals surface area contributed by atoms with E-state index in [1.807, 2.05) is 0 Å². The Morgan fingerprint density at radius 3 is 2.00 bits per heavy atom. The molecule has 0 rings (SSSR count). The van der Waals surface area contributed by atoms with E-state index in [0.717, 1.165) is 6.41 Å². The summed E-state index contributed by atoms with van der Waals surface area (Å²) >= 11 is 0. The predicted octanol–water partition coefficient (Wildman–Crippen LogP) is -0.183. The highest BCUT2D eigenvalue weighted by Crippen LogP contribution is 1.52. The van der Waals surface area contributed by atoms with Crippen molar-refractivity contribution in [2.45, 2.75) is 0 Å². The standard InChI is InChI=1S/C3H7NO/c1-4(2)3-5/h3H,1-2H3/p+1. The molecule has 0 aromatic rings. The van der Waals surface area contributed by atoms with Gasteiger partial charge in [0.1, 0.15) is 0 Å². The molecule has 30 valence electrons. The van der Waals surface area contributed by atoms with Gasteiger partial charge >= 0.3 is 1.43 Å². The van der Waals surface area contributed by atoms with Crippen LogP contribution in [0.15, 0.2) is 0 Å². The molecule has 1 amide bonds. The molecule has 0 saturated carbocycles. The van der Waals surface area contributed by atoms with E-state index >= 15 is 0 Å². The number of carbonyl (C=O) groups is 1. The Hall–Kier alpha value is -0.530. The molecule has 0 spiro atoms. The largest absolute Gasteiger partial charge is 1.00 e. The highest BCUT2D eigenvalue weighted by Gasteiger charge is 1.68. The van der Waals surface area contributed by atoms with Crippen molar-refractivity contribution in [1.82, 2.24) is 4.90 Å². The third kappa shape index (κ3) is 3.47. The van der Waals surface area contributed by atoms with Gasteiger partial charge in [-0.2, -0.15) is 0 Å². The predicted molar refractivity (Wildman–Crippen MR) is 20.9 cm³/mol. The van der Waals surface area contributed by atoms with Crippen LogP contribution < -0.4 is 0 Å². The summed E-state index contributed by atoms with van der Waals surface area (Å²) in [7, 11) is 3.38. The number of rotatable bonds is 1. The molecule has 0 N–H and O–H groups in total. The number of hydrogen-bond donors (Lipinski definition) is 0. The smallest absolute Gasteiger partial charge is 0.351 e. The maximum absolute atomic E-state index is 9.43. The zero-order chi connectivity index (χ0) is 4.28. The summed E-state index contributed by atoms with van der Waals surface area (Å²) in [6.45, 7) is 0. The van der Waals surface area contributed by atoms with E-state index < -0.39 is 0 Å². The van der Waals surface area contributed by atoms with Crippen molar-refractivity contribution in [2.24, 2.45) is 0 Å². The van der Waals surface area contributed by atoms with E-state index in [-0.39, 0.29) is 1.43 Å². The van der Waals surface area contributed by atoms with E-state index in [4.69, 9.17) is 0 Å². The maximum atomic E-state index is 9.43. The minimum Gasteiger partial charge on any atom is -0.351 e. The molecule has 0 aromatic carbocycles. The van der Waals surface area contributed by atoms with Gasteiger partial charge in [0.25, 0.3) is 0 Å². The van der Waals surface area contributed by atoms with Crippen molar-refractivity contribution < 1.29 is 6.22 Å². The van der Waals surface area contributed by atoms with Crippen molar-refractivity contribution in [3.63, 3.8) is 0 Å². The van der Waals surface area contributed by atoms with Crippen LogP contribution in [0, 0.1) is 0 Å². The fourth-order valence-corrected chi connectivity index (χ4v) is 0. The highest BCUT2D eigenvalue weighted by molar-refractivity contribution is 5.45. The summed E-state index contributed by atoms with van der Waals surface area (Å²) in [6, 6.07) is 0. The Kier molecular flexibility index (Phi) is 1.57. The molecule has 0 saturated heterocycles. The van der Waals surface area contributed by atoms with Gasteiger partial charge in [0.15, 0.2) is 0 Å². The molecule has 2 heteroatoms. The normalized spacial score (nSPS) is 6.80. The summed E-state index contributed by atoms with van der Waals surface area (Å²) in [4.78, 5) is 10.9. The van der Waals surface area contributed by atoms with Crippen LogP contribution in [0.5, 0.6) is 0 Å². The molecule has 0 atom stereocenters. The Morgan fingerprint density at radius 2 is 2.00 bits per heavy atom. The van der Waals surface area contributed by atoms with Crippen molar-refractivity contribution in [3.05, 3.63) is 0 Å². The second-order valence-electron chi connectivity index (χ2n) is 1.07. The molecule has 0 aliphatic carbocycles. The first-order chi connectivity index (χ1) is 2.27. The van der Waals surface area contributed by atoms with Crippen LogP contribution in [0.25, 0.3) is 0 Å². The van der Waals surface area contributed by atoms with Crippen molar-refractivity contribution in [2.75, 3.05) is 14.1 Å². The van der Waals surface area contributed by atoms with E-state index in [2.05, 4.69) is 0 Å². The lowest BCUT2D eigenvalue weighted by molar-refractivity contribution is -0.115. The SMILES string of the molecule is CN(C)C=O.[H+]. The Balaban J connectivity index is 0. The first-order valence-electron chi connectivity index (χ1n) is 1.39. The highest BCUT2D eigenvalue weighted by atomic mass is 16.1. The summed E-state index contributed by atoms with van der Waals surface area (Å²) in [5, 5.41) is 0. The average Bonchev–Trinajstić information content (AvgIpc) is 1.38. The summed E-state index contributed by atoms with van der Waals surface area (Å²) in [5.41, 5.74) is 0. The molecule has 2 nitrogen and oxygen atoms in total. The minimum absolute atomic E-state index is 0. The van der Waals surface area contributed by atoms with Crippen molar-refractivity contribution >= 4 is 6.41 Å². The topological polar surface area (TPSA) is 20.3 Å². The third-order valence-electron chi connectivity index (χ3n) is 0.211. The van der Waals surface area contributed by atoms with E-state index in [1.54, 1.807) is 14.1 Å². The van der Waals surface area contributed by atoms with Gasteiger partial charge in [0, 0.05) is 14.1 Å². The van der Waals surface area contributed by atoms with Gasteiger partial charge in [-0.1, -0.05) is 0 Å². The minimum atomic E-state index is 0. The van der Waals surface area contributed by atoms with Gasteiger partial charge in [0.05, 0.1) is 0 Å². The molecule has 0 bridgehead atoms. The van der Waals surface area contributed by atoms with E-state index in [9.17, 15) is 4.79 Å². The molecule has 0 radical (unpaired) electrons. The van der Waals surface area contributed by atoms with Crippen LogP contribution >= 0.6 is 0 Å². The van der Waals surface area contributed by atoms with Crippen LogP contribution in [0.2, 0.25) is 0 Å². The lowest BCUT2D eigenvalue weighted by Crippen LogP contribution is -2.06. The Bertz CT molecular complexity index is 37.8. The number of hydrogen-bond acceptors (Lipinski definition) is 1. The second kappa shape index (κ2) is 1.76. The van der Waals surface area contributed by atoms with E-state index in [0.29, 0.717) is 0 Å². The van der Waals surface area contributed by atoms with Gasteiger partial charge in [-0.3, -0.25) is 4.79 Å². The first-order valence-corrected chi connectivity index (χ1v) is 1.39. The fraction of sp³-hybridized carbons (Fsp3) is 0.667. The van der Waals surface area contributed by atoms with Crippen LogP contribution in [-0.4, -0.2) is 25.4 Å². The van der Waals surface area contributed by atoms with Crippen LogP contribution in [0.4, 0.5) is 0 Å². The zero-order valence-electron chi connectivity index (χ0n) is 4.43. The average molecular weight is 74.1 g/mol. The second-order valence-corrected chi connectivity index (χ2v) is 1.07. The lowest BCUT2D eigenvalue weighted by atomic mass is 11.0. The molecule has 0 unspecified atom stereocenters. The first kappa shape index (κ1) is 4.47. The summed E-state index contributed by atoms with van der Waals surface area (Å²) in [6.07, 6.45) is 0.750. The van der Waals surface area contributed by atoms with Gasteiger partial charge < -0.3 is 4.90 Å². The van der Waals surface area contributed by atoms with Crippen molar-refractivity contribution in [3.8, 4) is 0 Å². The van der Waals surface area contributed by atoms with Crippen LogP contribution in [0.1, 0.15) is 1.43 Å². The number of amides is 1. The monoisotopic (exact) mass is 74.1 g/mol. The maximum Gasteiger partial charge on any atom is 1.00 e. The lowest BCUT2D eigenvalue weighted by Gasteiger charge is -1.93. The van der Waals surface area contributed by atoms with Crippen molar-refractivity contribution in [1.29, 1.82) is 0 Å². The molecule has 0 fully saturated rings. The molecule has 0 aliphatic rings. The fourth-order valence-electron chi connectivity index (χ4n) is 0. The van der Waals surface area contributed by atoms with Gasteiger partial charge in [-0.15, -0.1) is 0 Å². The molecule has 0 aliphatic heterocycles. The summed E-state index contributed by atoms with van der Waals surface area (Å²) < 4.78 is 0. The zero-order valence-corrected chi connectivity index (χ0v) is 3.43. The molecular formula is C3H8NO+. The van der Waals surface area contributed by atoms with Gasteiger partial charge in [-0.05, 0) is 0 Å². The molecule has 0 heterocycles. The summed E-state index contributed by atoms with van der Waals surface area (Å²) in [5.74, 6) is 0. The quantitative estimate of drug-likeness (QED) is 0.395. The molecule has 0 aromatic heterocycles. The molecule has 5 heavy (non-hydrogen) atoms. The van der Waals surface area contributed by atoms with E-state index in [1.165, 1.54) is 4.90 Å².